The van der Waals surface area contributed by atoms with Crippen molar-refractivity contribution in [3.8, 4) is 17.2 Å². The molecule has 0 fully saturated rings. The molecule has 190 valence electrons. The summed E-state index contributed by atoms with van der Waals surface area (Å²) in [6, 6.07) is 10.5. The van der Waals surface area contributed by atoms with E-state index < -0.39 is 22.4 Å². The van der Waals surface area contributed by atoms with Gasteiger partial charge in [0.15, 0.2) is 6.61 Å². The van der Waals surface area contributed by atoms with Crippen LogP contribution in [0.1, 0.15) is 39.7 Å². The van der Waals surface area contributed by atoms with Gasteiger partial charge in [-0.3, -0.25) is 19.7 Å². The molecule has 0 unspecified atom stereocenters. The third-order valence-electron chi connectivity index (χ3n) is 5.08. The van der Waals surface area contributed by atoms with Crippen molar-refractivity contribution < 1.29 is 28.7 Å². The zero-order valence-corrected chi connectivity index (χ0v) is 21.0. The molecule has 0 saturated carbocycles. The molecule has 0 spiro atoms. The highest BCUT2D eigenvalue weighted by Crippen LogP contribution is 2.30. The number of hydrogen-bond donors (Lipinski definition) is 1. The number of nitro benzene ring substituents is 1. The number of benzene rings is 2. The first-order valence-corrected chi connectivity index (χ1v) is 11.2. The van der Waals surface area contributed by atoms with Crippen LogP contribution in [-0.4, -0.2) is 54.0 Å². The van der Waals surface area contributed by atoms with Crippen LogP contribution in [0, 0.1) is 10.1 Å². The summed E-state index contributed by atoms with van der Waals surface area (Å²) in [4.78, 5) is 38.4. The van der Waals surface area contributed by atoms with E-state index in [2.05, 4.69) is 5.32 Å². The minimum absolute atomic E-state index is 0.0178. The zero-order chi connectivity index (χ0) is 26.2. The maximum atomic E-state index is 13.3. The lowest BCUT2D eigenvalue weighted by Crippen LogP contribution is -2.54. The van der Waals surface area contributed by atoms with E-state index in [0.717, 1.165) is 5.56 Å². The molecular formula is C25H33N3O7. The van der Waals surface area contributed by atoms with Crippen LogP contribution in [-0.2, 0) is 16.1 Å². The molecule has 0 bridgehead atoms. The van der Waals surface area contributed by atoms with E-state index in [-0.39, 0.29) is 36.2 Å². The van der Waals surface area contributed by atoms with E-state index in [0.29, 0.717) is 12.2 Å². The number of nitrogens with one attached hydrogen (secondary N) is 1. The molecule has 1 atom stereocenters. The van der Waals surface area contributed by atoms with Crippen molar-refractivity contribution >= 4 is 17.5 Å². The Morgan fingerprint density at radius 1 is 1.09 bits per heavy atom. The third kappa shape index (κ3) is 7.87. The van der Waals surface area contributed by atoms with Crippen LogP contribution in [0.2, 0.25) is 0 Å². The summed E-state index contributed by atoms with van der Waals surface area (Å²) in [6.45, 7) is 7.24. The number of carbonyl (C=O) groups is 2. The second kappa shape index (κ2) is 12.0. The number of methoxy groups -OCH3 is 2. The van der Waals surface area contributed by atoms with Crippen LogP contribution >= 0.6 is 0 Å². The van der Waals surface area contributed by atoms with Crippen molar-refractivity contribution in [2.45, 2.75) is 52.2 Å². The van der Waals surface area contributed by atoms with E-state index >= 15 is 0 Å². The van der Waals surface area contributed by atoms with E-state index in [4.69, 9.17) is 14.2 Å². The first-order chi connectivity index (χ1) is 16.5. The van der Waals surface area contributed by atoms with Crippen molar-refractivity contribution in [3.63, 3.8) is 0 Å². The molecule has 10 nitrogen and oxygen atoms in total. The number of nitrogens with zero attached hydrogens (tertiary/aromatic N) is 2. The lowest BCUT2D eigenvalue weighted by Gasteiger charge is -2.33. The van der Waals surface area contributed by atoms with Crippen LogP contribution < -0.4 is 19.5 Å². The monoisotopic (exact) mass is 487 g/mol. The molecule has 0 saturated heterocycles. The highest BCUT2D eigenvalue weighted by molar-refractivity contribution is 5.88. The fourth-order valence-electron chi connectivity index (χ4n) is 3.47. The van der Waals surface area contributed by atoms with Gasteiger partial charge in [-0.1, -0.05) is 19.1 Å². The molecule has 1 N–H and O–H groups in total. The summed E-state index contributed by atoms with van der Waals surface area (Å²) in [5.74, 6) is 0.198. The number of rotatable bonds is 11. The smallest absolute Gasteiger partial charge is 0.311 e. The fraction of sp³-hybridized carbons (Fsp3) is 0.440. The predicted molar refractivity (Wildman–Crippen MR) is 131 cm³/mol. The van der Waals surface area contributed by atoms with Crippen molar-refractivity contribution in [1.29, 1.82) is 0 Å². The Hall–Kier alpha value is -3.82. The standard InChI is InChI=1S/C25H33N3O7/c1-7-20(24(30)26-25(2,3)4)27(15-17-9-8-10-18(13-17)33-5)23(29)16-35-19-11-12-21(28(31)32)22(14-19)34-6/h8-14,20H,7,15-16H2,1-6H3,(H,26,30)/t20-/m1/s1. The van der Waals surface area contributed by atoms with Gasteiger partial charge in [-0.15, -0.1) is 0 Å². The van der Waals surface area contributed by atoms with E-state index in [1.807, 2.05) is 39.8 Å². The van der Waals surface area contributed by atoms with Gasteiger partial charge in [0.2, 0.25) is 11.7 Å². The Kier molecular flexibility index (Phi) is 9.44. The van der Waals surface area contributed by atoms with Gasteiger partial charge in [0, 0.05) is 24.2 Å². The zero-order valence-electron chi connectivity index (χ0n) is 21.0. The highest BCUT2D eigenvalue weighted by atomic mass is 16.6. The Morgan fingerprint density at radius 2 is 1.80 bits per heavy atom. The van der Waals surface area contributed by atoms with Gasteiger partial charge in [-0.2, -0.15) is 0 Å². The molecule has 0 radical (unpaired) electrons. The number of nitro groups is 1. The van der Waals surface area contributed by atoms with Crippen LogP contribution in [0.5, 0.6) is 17.2 Å². The SMILES string of the molecule is CC[C@H](C(=O)NC(C)(C)C)N(Cc1cccc(OC)c1)C(=O)COc1ccc([N+](=O)[O-])c(OC)c1. The van der Waals surface area contributed by atoms with Gasteiger partial charge in [0.25, 0.3) is 5.91 Å². The maximum Gasteiger partial charge on any atom is 0.311 e. The van der Waals surface area contributed by atoms with Gasteiger partial charge in [-0.05, 0) is 51.0 Å². The number of amides is 2. The van der Waals surface area contributed by atoms with Gasteiger partial charge in [0.1, 0.15) is 17.5 Å². The Morgan fingerprint density at radius 3 is 2.37 bits per heavy atom. The summed E-state index contributed by atoms with van der Waals surface area (Å²) >= 11 is 0. The first-order valence-electron chi connectivity index (χ1n) is 11.2. The lowest BCUT2D eigenvalue weighted by atomic mass is 10.1. The molecule has 0 heterocycles. The molecule has 0 aliphatic heterocycles. The molecular weight excluding hydrogens is 454 g/mol. The second-order valence-electron chi connectivity index (χ2n) is 8.92. The molecule has 2 aromatic carbocycles. The lowest BCUT2D eigenvalue weighted by molar-refractivity contribution is -0.385. The molecule has 0 aromatic heterocycles. The average Bonchev–Trinajstić information content (AvgIpc) is 2.81. The highest BCUT2D eigenvalue weighted by Gasteiger charge is 2.31. The third-order valence-corrected chi connectivity index (χ3v) is 5.08. The van der Waals surface area contributed by atoms with E-state index in [9.17, 15) is 19.7 Å². The van der Waals surface area contributed by atoms with E-state index in [1.54, 1.807) is 19.2 Å². The molecule has 0 aliphatic rings. The van der Waals surface area contributed by atoms with Gasteiger partial charge >= 0.3 is 5.69 Å². The van der Waals surface area contributed by atoms with Crippen LogP contribution in [0.3, 0.4) is 0 Å². The quantitative estimate of drug-likeness (QED) is 0.379. The molecule has 35 heavy (non-hydrogen) atoms. The Bertz CT molecular complexity index is 1050. The van der Waals surface area contributed by atoms with Gasteiger partial charge in [-0.25, -0.2) is 0 Å². The molecule has 2 aromatic rings. The number of ether oxygens (including phenoxy) is 3. The summed E-state index contributed by atoms with van der Waals surface area (Å²) < 4.78 is 16.0. The van der Waals surface area contributed by atoms with Crippen molar-refractivity contribution in [2.24, 2.45) is 0 Å². The molecule has 0 aliphatic carbocycles. The van der Waals surface area contributed by atoms with Crippen LogP contribution in [0.15, 0.2) is 42.5 Å². The van der Waals surface area contributed by atoms with Crippen LogP contribution in [0.25, 0.3) is 0 Å². The molecule has 2 amide bonds. The summed E-state index contributed by atoms with van der Waals surface area (Å²) in [5.41, 5.74) is 0.105. The Balaban J connectivity index is 2.29. The second-order valence-corrected chi connectivity index (χ2v) is 8.92. The summed E-state index contributed by atoms with van der Waals surface area (Å²) in [5, 5.41) is 14.1. The maximum absolute atomic E-state index is 13.3. The first kappa shape index (κ1) is 27.4. The summed E-state index contributed by atoms with van der Waals surface area (Å²) in [7, 11) is 2.87. The van der Waals surface area contributed by atoms with Crippen molar-refractivity contribution in [1.82, 2.24) is 10.2 Å². The van der Waals surface area contributed by atoms with Crippen molar-refractivity contribution in [3.05, 3.63) is 58.1 Å². The predicted octanol–water partition coefficient (Wildman–Crippen LogP) is 3.71. The minimum Gasteiger partial charge on any atom is -0.497 e. The molecule has 2 rings (SSSR count). The Labute approximate surface area is 205 Å². The van der Waals surface area contributed by atoms with Gasteiger partial charge < -0.3 is 24.4 Å². The number of carbonyl (C=O) groups excluding carboxylic acids is 2. The largest absolute Gasteiger partial charge is 0.497 e. The normalized spacial score (nSPS) is 11.8. The minimum atomic E-state index is -0.733. The number of hydrogen-bond acceptors (Lipinski definition) is 7. The fourth-order valence-corrected chi connectivity index (χ4v) is 3.47. The average molecular weight is 488 g/mol. The van der Waals surface area contributed by atoms with Gasteiger partial charge in [0.05, 0.1) is 19.1 Å². The van der Waals surface area contributed by atoms with E-state index in [1.165, 1.54) is 30.2 Å². The van der Waals surface area contributed by atoms with Crippen molar-refractivity contribution in [2.75, 3.05) is 20.8 Å². The topological polar surface area (TPSA) is 120 Å². The van der Waals surface area contributed by atoms with Crippen LogP contribution in [0.4, 0.5) is 5.69 Å². The summed E-state index contributed by atoms with van der Waals surface area (Å²) in [6.07, 6.45) is 0.392. The molecule has 10 heteroatoms.